The molecule has 0 aliphatic carbocycles. The van der Waals surface area contributed by atoms with Gasteiger partial charge >= 0.3 is 0 Å². The van der Waals surface area contributed by atoms with Gasteiger partial charge in [0.05, 0.1) is 11.1 Å². The Hall–Kier alpha value is -2.48. The fraction of sp³-hybridized carbons (Fsp3) is 0.105. The summed E-state index contributed by atoms with van der Waals surface area (Å²) in [5.74, 6) is 0. The van der Waals surface area contributed by atoms with Gasteiger partial charge in [0.1, 0.15) is 0 Å². The molecule has 3 rings (SSSR count). The Morgan fingerprint density at radius 3 is 2.70 bits per heavy atom. The molecular weight excluding hydrogens is 398 g/mol. The van der Waals surface area contributed by atoms with Gasteiger partial charge in [0, 0.05) is 11.4 Å². The molecule has 3 aromatic rings. The Kier molecular flexibility index (Phi) is 6.39. The second-order valence-corrected chi connectivity index (χ2v) is 7.53. The van der Waals surface area contributed by atoms with Crippen LogP contribution in [-0.4, -0.2) is 16.3 Å². The zero-order valence-electron chi connectivity index (χ0n) is 14.8. The molecule has 8 heteroatoms. The van der Waals surface area contributed by atoms with Gasteiger partial charge in [-0.2, -0.15) is 5.10 Å². The number of aryl methyl sites for hydroxylation is 1. The normalized spacial score (nSPS) is 10.8. The highest BCUT2D eigenvalue weighted by Gasteiger charge is 2.08. The summed E-state index contributed by atoms with van der Waals surface area (Å²) in [5.41, 5.74) is 7.04. The third-order valence-electron chi connectivity index (χ3n) is 3.84. The molecule has 0 atom stereocenters. The number of thiocarbonyl (C=S) groups is 1. The maximum absolute atomic E-state index is 6.19. The SMILES string of the molecule is Cc1cccc(NC(=S)N/N=C/c2sc(Nc3ccccc3)nc2Cl)c1C. The predicted octanol–water partition coefficient (Wildman–Crippen LogP) is 5.48. The molecule has 0 aliphatic heterocycles. The summed E-state index contributed by atoms with van der Waals surface area (Å²) in [6.07, 6.45) is 1.60. The number of hydrogen-bond donors (Lipinski definition) is 3. The molecule has 1 aromatic heterocycles. The Bertz CT molecular complexity index is 969. The largest absolute Gasteiger partial charge is 0.331 e. The minimum atomic E-state index is 0.386. The first-order valence-electron chi connectivity index (χ1n) is 8.17. The second-order valence-electron chi connectivity index (χ2n) is 5.74. The van der Waals surface area contributed by atoms with Gasteiger partial charge in [-0.25, -0.2) is 4.98 Å². The molecule has 27 heavy (non-hydrogen) atoms. The molecule has 0 unspecified atom stereocenters. The fourth-order valence-corrected chi connectivity index (χ4v) is 3.49. The van der Waals surface area contributed by atoms with Crippen LogP contribution in [-0.2, 0) is 0 Å². The number of para-hydroxylation sites is 1. The molecule has 138 valence electrons. The van der Waals surface area contributed by atoms with Crippen molar-refractivity contribution in [1.82, 2.24) is 10.4 Å². The van der Waals surface area contributed by atoms with Crippen molar-refractivity contribution in [3.8, 4) is 0 Å². The van der Waals surface area contributed by atoms with E-state index < -0.39 is 0 Å². The van der Waals surface area contributed by atoms with E-state index in [1.54, 1.807) is 6.21 Å². The van der Waals surface area contributed by atoms with Gasteiger partial charge in [-0.05, 0) is 55.4 Å². The molecule has 0 fully saturated rings. The van der Waals surface area contributed by atoms with Gasteiger partial charge < -0.3 is 10.6 Å². The summed E-state index contributed by atoms with van der Waals surface area (Å²) >= 11 is 12.9. The highest BCUT2D eigenvalue weighted by atomic mass is 35.5. The minimum absolute atomic E-state index is 0.386. The van der Waals surface area contributed by atoms with Crippen molar-refractivity contribution in [1.29, 1.82) is 0 Å². The standard InChI is InChI=1S/C19H18ClN5S2/c1-12-7-6-10-15(13(12)2)23-18(26)25-21-11-16-17(20)24-19(27-16)22-14-8-4-3-5-9-14/h3-11H,1-2H3,(H,22,24)(H2,23,25,26)/b21-11+. The van der Waals surface area contributed by atoms with Gasteiger partial charge in [-0.3, -0.25) is 5.43 Å². The zero-order valence-corrected chi connectivity index (χ0v) is 17.2. The average Bonchev–Trinajstić information content (AvgIpc) is 2.99. The maximum atomic E-state index is 6.19. The number of halogens is 1. The summed E-state index contributed by atoms with van der Waals surface area (Å²) < 4.78 is 0. The number of rotatable bonds is 5. The predicted molar refractivity (Wildman–Crippen MR) is 120 cm³/mol. The van der Waals surface area contributed by atoms with Crippen molar-refractivity contribution < 1.29 is 0 Å². The molecular formula is C19H18ClN5S2. The lowest BCUT2D eigenvalue weighted by atomic mass is 10.1. The summed E-state index contributed by atoms with van der Waals surface area (Å²) in [5, 5.41) is 12.0. The van der Waals surface area contributed by atoms with Crippen LogP contribution in [0.3, 0.4) is 0 Å². The third-order valence-corrected chi connectivity index (χ3v) is 5.33. The molecule has 0 saturated heterocycles. The van der Waals surface area contributed by atoms with E-state index in [0.29, 0.717) is 15.4 Å². The number of hydrazone groups is 1. The number of aromatic nitrogens is 1. The fourth-order valence-electron chi connectivity index (χ4n) is 2.28. The van der Waals surface area contributed by atoms with Crippen LogP contribution in [0.15, 0.2) is 53.6 Å². The maximum Gasteiger partial charge on any atom is 0.191 e. The lowest BCUT2D eigenvalue weighted by Gasteiger charge is -2.11. The minimum Gasteiger partial charge on any atom is -0.331 e. The van der Waals surface area contributed by atoms with Crippen LogP contribution in [0.1, 0.15) is 16.0 Å². The van der Waals surface area contributed by atoms with E-state index in [2.05, 4.69) is 39.1 Å². The van der Waals surface area contributed by atoms with Crippen molar-refractivity contribution in [2.75, 3.05) is 10.6 Å². The van der Waals surface area contributed by atoms with Crippen LogP contribution < -0.4 is 16.1 Å². The van der Waals surface area contributed by atoms with E-state index in [1.165, 1.54) is 16.9 Å². The summed E-state index contributed by atoms with van der Waals surface area (Å²) in [6, 6.07) is 15.8. The third kappa shape index (κ3) is 5.26. The van der Waals surface area contributed by atoms with Gasteiger partial charge in [0.2, 0.25) is 0 Å². The van der Waals surface area contributed by atoms with Crippen molar-refractivity contribution in [2.45, 2.75) is 13.8 Å². The second kappa shape index (κ2) is 8.94. The van der Waals surface area contributed by atoms with Gasteiger partial charge in [0.25, 0.3) is 0 Å². The molecule has 0 radical (unpaired) electrons. The van der Waals surface area contributed by atoms with Gasteiger partial charge in [0.15, 0.2) is 15.4 Å². The van der Waals surface area contributed by atoms with Gasteiger partial charge in [-0.1, -0.05) is 53.3 Å². The Labute approximate surface area is 172 Å². The molecule has 5 nitrogen and oxygen atoms in total. The Balaban J connectivity index is 1.59. The van der Waals surface area contributed by atoms with E-state index in [-0.39, 0.29) is 0 Å². The average molecular weight is 416 g/mol. The zero-order chi connectivity index (χ0) is 19.2. The van der Waals surface area contributed by atoms with Crippen molar-refractivity contribution in [2.24, 2.45) is 5.10 Å². The van der Waals surface area contributed by atoms with E-state index in [1.807, 2.05) is 49.4 Å². The quantitative estimate of drug-likeness (QED) is 0.292. The number of thiazole rings is 1. The molecule has 2 aromatic carbocycles. The first-order chi connectivity index (χ1) is 13.0. The highest BCUT2D eigenvalue weighted by molar-refractivity contribution is 7.80. The van der Waals surface area contributed by atoms with Crippen LogP contribution in [0, 0.1) is 13.8 Å². The lowest BCUT2D eigenvalue weighted by molar-refractivity contribution is 1.05. The van der Waals surface area contributed by atoms with Crippen LogP contribution in [0.4, 0.5) is 16.5 Å². The first kappa shape index (κ1) is 19.3. The summed E-state index contributed by atoms with van der Waals surface area (Å²) in [7, 11) is 0. The van der Waals surface area contributed by atoms with Gasteiger partial charge in [-0.15, -0.1) is 0 Å². The number of hydrogen-bond acceptors (Lipinski definition) is 5. The van der Waals surface area contributed by atoms with Crippen LogP contribution >= 0.6 is 35.2 Å². The van der Waals surface area contributed by atoms with Crippen LogP contribution in [0.2, 0.25) is 5.15 Å². The van der Waals surface area contributed by atoms with E-state index in [9.17, 15) is 0 Å². The molecule has 0 spiro atoms. The first-order valence-corrected chi connectivity index (χ1v) is 9.78. The lowest BCUT2D eigenvalue weighted by Crippen LogP contribution is -2.24. The Morgan fingerprint density at radius 2 is 1.93 bits per heavy atom. The number of benzene rings is 2. The molecule has 3 N–H and O–H groups in total. The molecule has 0 bridgehead atoms. The van der Waals surface area contributed by atoms with E-state index in [0.717, 1.165) is 21.8 Å². The van der Waals surface area contributed by atoms with Crippen LogP contribution in [0.25, 0.3) is 0 Å². The summed E-state index contributed by atoms with van der Waals surface area (Å²) in [6.45, 7) is 4.10. The number of nitrogens with one attached hydrogen (secondary N) is 3. The Morgan fingerprint density at radius 1 is 1.15 bits per heavy atom. The topological polar surface area (TPSA) is 61.3 Å². The molecule has 0 amide bonds. The number of nitrogens with zero attached hydrogens (tertiary/aromatic N) is 2. The molecule has 1 heterocycles. The molecule has 0 saturated carbocycles. The van der Waals surface area contributed by atoms with Crippen molar-refractivity contribution in [3.05, 3.63) is 69.7 Å². The molecule has 0 aliphatic rings. The van der Waals surface area contributed by atoms with E-state index in [4.69, 9.17) is 23.8 Å². The smallest absolute Gasteiger partial charge is 0.191 e. The van der Waals surface area contributed by atoms with Crippen molar-refractivity contribution >= 4 is 63.0 Å². The van der Waals surface area contributed by atoms with E-state index >= 15 is 0 Å². The number of anilines is 3. The van der Waals surface area contributed by atoms with Crippen molar-refractivity contribution in [3.63, 3.8) is 0 Å². The highest BCUT2D eigenvalue weighted by Crippen LogP contribution is 2.27. The summed E-state index contributed by atoms with van der Waals surface area (Å²) in [4.78, 5) is 5.03. The monoisotopic (exact) mass is 415 g/mol. The van der Waals surface area contributed by atoms with Crippen LogP contribution in [0.5, 0.6) is 0 Å².